The fraction of sp³-hybridized carbons (Fsp3) is 0.217. The Bertz CT molecular complexity index is 926. The summed E-state index contributed by atoms with van der Waals surface area (Å²) in [5.41, 5.74) is 4.45. The molecule has 0 aliphatic carbocycles. The number of benzene rings is 2. The molecular weight excluding hydrogens is 336 g/mol. The minimum atomic E-state index is -0.0826. The third kappa shape index (κ3) is 3.76. The number of hydrogen-bond donors (Lipinski definition) is 0. The first-order chi connectivity index (χ1) is 13.2. The van der Waals surface area contributed by atoms with E-state index in [1.54, 1.807) is 0 Å². The van der Waals surface area contributed by atoms with Gasteiger partial charge in [0.2, 0.25) is 0 Å². The van der Waals surface area contributed by atoms with Gasteiger partial charge >= 0.3 is 0 Å². The van der Waals surface area contributed by atoms with Crippen molar-refractivity contribution in [3.05, 3.63) is 89.6 Å². The third-order valence-electron chi connectivity index (χ3n) is 4.91. The van der Waals surface area contributed by atoms with Crippen molar-refractivity contribution in [2.24, 2.45) is 0 Å². The lowest BCUT2D eigenvalue weighted by Crippen LogP contribution is -2.42. The Kier molecular flexibility index (Phi) is 4.99. The van der Waals surface area contributed by atoms with E-state index in [2.05, 4.69) is 4.98 Å². The maximum Gasteiger partial charge on any atom is 0.255 e. The highest BCUT2D eigenvalue weighted by Crippen LogP contribution is 2.24. The van der Waals surface area contributed by atoms with Gasteiger partial charge in [-0.1, -0.05) is 60.7 Å². The van der Waals surface area contributed by atoms with E-state index in [9.17, 15) is 4.79 Å². The molecule has 1 fully saturated rings. The number of pyridine rings is 1. The van der Waals surface area contributed by atoms with Crippen LogP contribution in [0.25, 0.3) is 11.3 Å². The Morgan fingerprint density at radius 3 is 2.41 bits per heavy atom. The quantitative estimate of drug-likeness (QED) is 0.702. The molecule has 1 aliphatic rings. The molecule has 27 heavy (non-hydrogen) atoms. The molecule has 1 aliphatic heterocycles. The molecule has 1 aromatic heterocycles. The van der Waals surface area contributed by atoms with Gasteiger partial charge in [0.1, 0.15) is 6.10 Å². The molecule has 1 saturated heterocycles. The predicted octanol–water partition coefficient (Wildman–Crippen LogP) is 4.27. The van der Waals surface area contributed by atoms with Crippen molar-refractivity contribution in [1.82, 2.24) is 9.88 Å². The molecule has 3 aromatic rings. The average Bonchev–Trinajstić information content (AvgIpc) is 2.74. The first-order valence-electron chi connectivity index (χ1n) is 9.21. The Hall–Kier alpha value is -2.98. The largest absolute Gasteiger partial charge is 0.370 e. The van der Waals surface area contributed by atoms with Gasteiger partial charge in [0.25, 0.3) is 5.91 Å². The van der Waals surface area contributed by atoms with Crippen LogP contribution in [0, 0.1) is 6.92 Å². The molecular formula is C23H22N2O2. The normalized spacial score (nSPS) is 16.9. The molecule has 0 spiro atoms. The Balaban J connectivity index is 1.54. The second kappa shape index (κ2) is 7.72. The zero-order valence-corrected chi connectivity index (χ0v) is 15.3. The number of hydrogen-bond acceptors (Lipinski definition) is 3. The molecule has 1 amide bonds. The highest BCUT2D eigenvalue weighted by molar-refractivity contribution is 5.95. The van der Waals surface area contributed by atoms with Crippen molar-refractivity contribution < 1.29 is 9.53 Å². The summed E-state index contributed by atoms with van der Waals surface area (Å²) in [5.74, 6) is 0.0174. The third-order valence-corrected chi connectivity index (χ3v) is 4.91. The van der Waals surface area contributed by atoms with Crippen LogP contribution >= 0.6 is 0 Å². The Labute approximate surface area is 159 Å². The highest BCUT2D eigenvalue weighted by atomic mass is 16.5. The van der Waals surface area contributed by atoms with Crippen LogP contribution in [0.3, 0.4) is 0 Å². The lowest BCUT2D eigenvalue weighted by molar-refractivity contribution is -0.0228. The van der Waals surface area contributed by atoms with E-state index in [0.717, 1.165) is 22.5 Å². The molecule has 0 bridgehead atoms. The van der Waals surface area contributed by atoms with Crippen molar-refractivity contribution in [3.63, 3.8) is 0 Å². The van der Waals surface area contributed by atoms with Gasteiger partial charge in [0, 0.05) is 12.1 Å². The van der Waals surface area contributed by atoms with Crippen molar-refractivity contribution in [2.45, 2.75) is 13.0 Å². The van der Waals surface area contributed by atoms with Crippen molar-refractivity contribution >= 4 is 5.91 Å². The first kappa shape index (κ1) is 17.4. The van der Waals surface area contributed by atoms with Crippen LogP contribution < -0.4 is 0 Å². The van der Waals surface area contributed by atoms with Crippen LogP contribution in [0.1, 0.15) is 27.7 Å². The Morgan fingerprint density at radius 1 is 1.00 bits per heavy atom. The maximum atomic E-state index is 13.1. The minimum Gasteiger partial charge on any atom is -0.370 e. The molecule has 136 valence electrons. The molecule has 4 rings (SSSR count). The van der Waals surface area contributed by atoms with E-state index in [4.69, 9.17) is 4.74 Å². The van der Waals surface area contributed by atoms with Crippen LogP contribution in [0.15, 0.2) is 72.8 Å². The summed E-state index contributed by atoms with van der Waals surface area (Å²) in [5, 5.41) is 0. The van der Waals surface area contributed by atoms with Crippen LogP contribution in [-0.4, -0.2) is 35.5 Å². The fourth-order valence-corrected chi connectivity index (χ4v) is 3.43. The predicted molar refractivity (Wildman–Crippen MR) is 105 cm³/mol. The van der Waals surface area contributed by atoms with Crippen molar-refractivity contribution in [1.29, 1.82) is 0 Å². The Morgan fingerprint density at radius 2 is 1.70 bits per heavy atom. The smallest absolute Gasteiger partial charge is 0.255 e. The number of carbonyl (C=O) groups is 1. The number of amides is 1. The van der Waals surface area contributed by atoms with E-state index >= 15 is 0 Å². The van der Waals surface area contributed by atoms with Gasteiger partial charge in [-0.15, -0.1) is 0 Å². The highest BCUT2D eigenvalue weighted by Gasteiger charge is 2.27. The summed E-state index contributed by atoms with van der Waals surface area (Å²) in [4.78, 5) is 19.6. The molecule has 4 heteroatoms. The zero-order valence-electron chi connectivity index (χ0n) is 15.3. The van der Waals surface area contributed by atoms with Gasteiger partial charge in [-0.05, 0) is 24.6 Å². The minimum absolute atomic E-state index is 0.0174. The molecule has 0 unspecified atom stereocenters. The van der Waals surface area contributed by atoms with E-state index < -0.39 is 0 Å². The number of aromatic nitrogens is 1. The van der Waals surface area contributed by atoms with Gasteiger partial charge < -0.3 is 9.64 Å². The number of nitrogens with zero attached hydrogens (tertiary/aromatic N) is 2. The molecule has 1 atom stereocenters. The number of morpholine rings is 1. The average molecular weight is 358 g/mol. The number of carbonyl (C=O) groups excluding carboxylic acids is 1. The molecule has 4 nitrogen and oxygen atoms in total. The monoisotopic (exact) mass is 358 g/mol. The van der Waals surface area contributed by atoms with E-state index in [0.29, 0.717) is 25.3 Å². The van der Waals surface area contributed by atoms with Crippen LogP contribution in [-0.2, 0) is 4.74 Å². The SMILES string of the molecule is Cc1nc(-c2ccccc2)ccc1C(=O)N1CCO[C@@H](c2ccccc2)C1. The maximum absolute atomic E-state index is 13.1. The second-order valence-corrected chi connectivity index (χ2v) is 6.72. The first-order valence-corrected chi connectivity index (χ1v) is 9.21. The summed E-state index contributed by atoms with van der Waals surface area (Å²) in [7, 11) is 0. The molecule has 2 heterocycles. The van der Waals surface area contributed by atoms with Gasteiger partial charge in [-0.3, -0.25) is 9.78 Å². The number of ether oxygens (including phenoxy) is 1. The van der Waals surface area contributed by atoms with Gasteiger partial charge in [0.05, 0.1) is 30.1 Å². The lowest BCUT2D eigenvalue weighted by Gasteiger charge is -2.33. The molecule has 0 radical (unpaired) electrons. The summed E-state index contributed by atoms with van der Waals surface area (Å²) in [6, 6.07) is 23.9. The summed E-state index contributed by atoms with van der Waals surface area (Å²) in [6.07, 6.45) is -0.0826. The summed E-state index contributed by atoms with van der Waals surface area (Å²) < 4.78 is 5.88. The molecule has 2 aromatic carbocycles. The molecule has 0 saturated carbocycles. The van der Waals surface area contributed by atoms with Crippen molar-refractivity contribution in [3.8, 4) is 11.3 Å². The standard InChI is InChI=1S/C23H22N2O2/c1-17-20(12-13-21(24-17)18-8-4-2-5-9-18)23(26)25-14-15-27-22(16-25)19-10-6-3-7-11-19/h2-13,22H,14-16H2,1H3/t22-/m1/s1. The van der Waals surface area contributed by atoms with Gasteiger partial charge in [-0.2, -0.15) is 0 Å². The zero-order chi connectivity index (χ0) is 18.6. The second-order valence-electron chi connectivity index (χ2n) is 6.72. The fourth-order valence-electron chi connectivity index (χ4n) is 3.43. The number of aryl methyl sites for hydroxylation is 1. The van der Waals surface area contributed by atoms with Crippen molar-refractivity contribution in [2.75, 3.05) is 19.7 Å². The van der Waals surface area contributed by atoms with Crippen LogP contribution in [0.5, 0.6) is 0 Å². The summed E-state index contributed by atoms with van der Waals surface area (Å²) in [6.45, 7) is 3.60. The van der Waals surface area contributed by atoms with Gasteiger partial charge in [0.15, 0.2) is 0 Å². The lowest BCUT2D eigenvalue weighted by atomic mass is 10.1. The van der Waals surface area contributed by atoms with Crippen LogP contribution in [0.4, 0.5) is 0 Å². The topological polar surface area (TPSA) is 42.4 Å². The summed E-state index contributed by atoms with van der Waals surface area (Å²) >= 11 is 0. The van der Waals surface area contributed by atoms with E-state index in [1.165, 1.54) is 0 Å². The molecule has 0 N–H and O–H groups in total. The van der Waals surface area contributed by atoms with Gasteiger partial charge in [-0.25, -0.2) is 0 Å². The number of rotatable bonds is 3. The van der Waals surface area contributed by atoms with E-state index in [1.807, 2.05) is 84.6 Å². The van der Waals surface area contributed by atoms with E-state index in [-0.39, 0.29) is 12.0 Å². The van der Waals surface area contributed by atoms with Crippen LogP contribution in [0.2, 0.25) is 0 Å².